The number of thiophene rings is 1. The highest BCUT2D eigenvalue weighted by Crippen LogP contribution is 2.35. The van der Waals surface area contributed by atoms with Crippen LogP contribution in [-0.4, -0.2) is 60.1 Å². The van der Waals surface area contributed by atoms with Gasteiger partial charge in [-0.1, -0.05) is 12.1 Å². The molecule has 0 bridgehead atoms. The number of carbonyl (C=O) groups excluding carboxylic acids is 2. The first-order valence-corrected chi connectivity index (χ1v) is 12.2. The van der Waals surface area contributed by atoms with Crippen LogP contribution < -0.4 is 14.8 Å². The monoisotopic (exact) mass is 473 g/mol. The number of carbonyl (C=O) groups is 2. The first kappa shape index (κ1) is 24.9. The Kier molecular flexibility index (Phi) is 7.89. The number of benzene rings is 1. The van der Waals surface area contributed by atoms with Crippen molar-refractivity contribution in [2.75, 3.05) is 26.8 Å². The Balaban J connectivity index is 1.81. The van der Waals surface area contributed by atoms with Gasteiger partial charge in [-0.25, -0.2) is 4.79 Å². The quantitative estimate of drug-likeness (QED) is 0.644. The van der Waals surface area contributed by atoms with E-state index in [-0.39, 0.29) is 30.6 Å². The van der Waals surface area contributed by atoms with Gasteiger partial charge in [-0.2, -0.15) is 0 Å². The summed E-state index contributed by atoms with van der Waals surface area (Å²) in [6, 6.07) is 9.09. The summed E-state index contributed by atoms with van der Waals surface area (Å²) in [5.41, 5.74) is 0.616. The van der Waals surface area contributed by atoms with Gasteiger partial charge < -0.3 is 24.6 Å². The van der Waals surface area contributed by atoms with Gasteiger partial charge in [-0.15, -0.1) is 11.3 Å². The van der Waals surface area contributed by atoms with Crippen LogP contribution in [0.2, 0.25) is 0 Å². The number of nitrogens with zero attached hydrogens (tertiary/aromatic N) is 2. The van der Waals surface area contributed by atoms with E-state index in [1.807, 2.05) is 63.8 Å². The summed E-state index contributed by atoms with van der Waals surface area (Å²) >= 11 is 1.71. The van der Waals surface area contributed by atoms with Gasteiger partial charge in [0.15, 0.2) is 11.5 Å². The van der Waals surface area contributed by atoms with Crippen molar-refractivity contribution in [2.45, 2.75) is 58.7 Å². The van der Waals surface area contributed by atoms with Crippen molar-refractivity contribution in [2.24, 2.45) is 0 Å². The van der Waals surface area contributed by atoms with Crippen LogP contribution >= 0.6 is 11.3 Å². The Morgan fingerprint density at radius 1 is 1.21 bits per heavy atom. The molecule has 1 aromatic heterocycles. The van der Waals surface area contributed by atoms with Crippen LogP contribution in [0.1, 0.15) is 51.1 Å². The smallest absolute Gasteiger partial charge is 0.318 e. The Morgan fingerprint density at radius 3 is 2.55 bits per heavy atom. The van der Waals surface area contributed by atoms with E-state index >= 15 is 0 Å². The maximum atomic E-state index is 13.5. The molecule has 3 amide bonds. The number of urea groups is 1. The summed E-state index contributed by atoms with van der Waals surface area (Å²) in [5.74, 6) is 1.21. The molecule has 2 heterocycles. The molecule has 0 unspecified atom stereocenters. The number of amides is 3. The van der Waals surface area contributed by atoms with Crippen molar-refractivity contribution < 1.29 is 19.1 Å². The molecule has 3 rings (SSSR count). The number of para-hydroxylation sites is 2. The van der Waals surface area contributed by atoms with Crippen molar-refractivity contribution in [3.8, 4) is 11.5 Å². The molecule has 2 aromatic rings. The van der Waals surface area contributed by atoms with Crippen molar-refractivity contribution in [1.82, 2.24) is 15.1 Å². The number of rotatable bonds is 7. The fraction of sp³-hybridized carbons (Fsp3) is 0.520. The third-order valence-corrected chi connectivity index (χ3v) is 6.64. The highest BCUT2D eigenvalue weighted by molar-refractivity contribution is 7.10. The van der Waals surface area contributed by atoms with Crippen LogP contribution in [0.5, 0.6) is 11.5 Å². The molecule has 180 valence electrons. The van der Waals surface area contributed by atoms with Gasteiger partial charge in [-0.05, 0) is 70.2 Å². The second kappa shape index (κ2) is 10.5. The zero-order valence-corrected chi connectivity index (χ0v) is 21.2. The first-order chi connectivity index (χ1) is 15.6. The topological polar surface area (TPSA) is 71.1 Å². The first-order valence-electron chi connectivity index (χ1n) is 11.3. The zero-order chi connectivity index (χ0) is 24.2. The summed E-state index contributed by atoms with van der Waals surface area (Å²) in [7, 11) is 1.61. The standard InChI is InChI=1S/C25H35N3O4S/c1-17(2)26-24(30)28(25(3,4)5)15-23(29)27-13-11-22-18(12-14-33-22)19(27)16-32-21-10-8-7-9-20(21)31-6/h7-10,12,14,17,19H,11,13,15-16H2,1-6H3,(H,26,30)/t19-/m1/s1. The molecule has 0 spiro atoms. The third-order valence-electron chi connectivity index (χ3n) is 5.64. The van der Waals surface area contributed by atoms with Gasteiger partial charge in [0.2, 0.25) is 5.91 Å². The Morgan fingerprint density at radius 2 is 1.91 bits per heavy atom. The number of nitrogens with one attached hydrogen (secondary N) is 1. The minimum absolute atomic E-state index is 0.00663. The minimum Gasteiger partial charge on any atom is -0.493 e. The molecule has 1 atom stereocenters. The number of fused-ring (bicyclic) bond motifs is 1. The Labute approximate surface area is 200 Å². The molecule has 1 N–H and O–H groups in total. The van der Waals surface area contributed by atoms with E-state index in [1.165, 1.54) is 4.88 Å². The summed E-state index contributed by atoms with van der Waals surface area (Å²) < 4.78 is 11.5. The van der Waals surface area contributed by atoms with Crippen LogP contribution in [0.25, 0.3) is 0 Å². The van der Waals surface area contributed by atoms with Gasteiger partial charge in [0.25, 0.3) is 0 Å². The highest BCUT2D eigenvalue weighted by atomic mass is 32.1. The number of methoxy groups -OCH3 is 1. The maximum Gasteiger partial charge on any atom is 0.318 e. The predicted molar refractivity (Wildman–Crippen MR) is 131 cm³/mol. The number of hydrogen-bond donors (Lipinski definition) is 1. The molecule has 1 aliphatic rings. The molecule has 0 aliphatic carbocycles. The van der Waals surface area contributed by atoms with Crippen LogP contribution in [0.3, 0.4) is 0 Å². The summed E-state index contributed by atoms with van der Waals surface area (Å²) in [6.07, 6.45) is 0.803. The molecule has 0 fully saturated rings. The summed E-state index contributed by atoms with van der Waals surface area (Å²) in [6.45, 7) is 10.6. The summed E-state index contributed by atoms with van der Waals surface area (Å²) in [5, 5.41) is 4.98. The van der Waals surface area contributed by atoms with Gasteiger partial charge in [-0.3, -0.25) is 4.79 Å². The molecular formula is C25H35N3O4S. The second-order valence-corrected chi connectivity index (χ2v) is 10.5. The van der Waals surface area contributed by atoms with Crippen LogP contribution in [0.15, 0.2) is 35.7 Å². The fourth-order valence-corrected chi connectivity index (χ4v) is 4.87. The fourth-order valence-electron chi connectivity index (χ4n) is 3.95. The molecule has 7 nitrogen and oxygen atoms in total. The van der Waals surface area contributed by atoms with E-state index in [4.69, 9.17) is 9.47 Å². The van der Waals surface area contributed by atoms with E-state index in [0.717, 1.165) is 12.0 Å². The number of ether oxygens (including phenoxy) is 2. The van der Waals surface area contributed by atoms with Gasteiger partial charge in [0.05, 0.1) is 13.2 Å². The minimum atomic E-state index is -0.499. The highest BCUT2D eigenvalue weighted by Gasteiger charge is 2.36. The molecule has 0 saturated heterocycles. The lowest BCUT2D eigenvalue weighted by Gasteiger charge is -2.40. The molecule has 1 aromatic carbocycles. The van der Waals surface area contributed by atoms with E-state index in [1.54, 1.807) is 23.3 Å². The van der Waals surface area contributed by atoms with Crippen molar-refractivity contribution in [3.05, 3.63) is 46.2 Å². The Bertz CT molecular complexity index is 967. The number of hydrogen-bond acceptors (Lipinski definition) is 5. The van der Waals surface area contributed by atoms with Crippen LogP contribution in [-0.2, 0) is 11.2 Å². The molecular weight excluding hydrogens is 438 g/mol. The third kappa shape index (κ3) is 5.99. The lowest BCUT2D eigenvalue weighted by Crippen LogP contribution is -2.56. The Hall–Kier alpha value is -2.74. The molecule has 8 heteroatoms. The van der Waals surface area contributed by atoms with E-state index in [9.17, 15) is 9.59 Å². The SMILES string of the molecule is COc1ccccc1OC[C@@H]1c2ccsc2CCN1C(=O)CN(C(=O)NC(C)C)C(C)(C)C. The maximum absolute atomic E-state index is 13.5. The van der Waals surface area contributed by atoms with Crippen molar-refractivity contribution in [1.29, 1.82) is 0 Å². The normalized spacial score (nSPS) is 15.7. The average Bonchev–Trinajstić information content (AvgIpc) is 3.23. The van der Waals surface area contributed by atoms with E-state index in [0.29, 0.717) is 24.7 Å². The van der Waals surface area contributed by atoms with Crippen LogP contribution in [0.4, 0.5) is 4.79 Å². The largest absolute Gasteiger partial charge is 0.493 e. The van der Waals surface area contributed by atoms with Gasteiger partial charge in [0.1, 0.15) is 13.2 Å². The predicted octanol–water partition coefficient (Wildman–Crippen LogP) is 4.48. The molecule has 0 radical (unpaired) electrons. The second-order valence-electron chi connectivity index (χ2n) is 9.48. The summed E-state index contributed by atoms with van der Waals surface area (Å²) in [4.78, 5) is 31.1. The molecule has 0 saturated carbocycles. The van der Waals surface area contributed by atoms with Crippen molar-refractivity contribution in [3.63, 3.8) is 0 Å². The van der Waals surface area contributed by atoms with Crippen molar-refractivity contribution >= 4 is 23.3 Å². The molecule has 1 aliphatic heterocycles. The van der Waals surface area contributed by atoms with E-state index in [2.05, 4.69) is 16.8 Å². The van der Waals surface area contributed by atoms with Gasteiger partial charge >= 0.3 is 6.03 Å². The van der Waals surface area contributed by atoms with Crippen LogP contribution in [0, 0.1) is 0 Å². The lowest BCUT2D eigenvalue weighted by atomic mass is 10.00. The van der Waals surface area contributed by atoms with Gasteiger partial charge in [0, 0.05) is 23.0 Å². The lowest BCUT2D eigenvalue weighted by molar-refractivity contribution is -0.136. The average molecular weight is 474 g/mol. The zero-order valence-electron chi connectivity index (χ0n) is 20.4. The molecule has 33 heavy (non-hydrogen) atoms. The van der Waals surface area contributed by atoms with E-state index < -0.39 is 5.54 Å².